The van der Waals surface area contributed by atoms with Crippen LogP contribution in [0.5, 0.6) is 0 Å². The van der Waals surface area contributed by atoms with Gasteiger partial charge in [-0.1, -0.05) is 18.2 Å². The van der Waals surface area contributed by atoms with Gasteiger partial charge in [0.2, 0.25) is 17.7 Å². The number of nitrogens with zero attached hydrogens (tertiary/aromatic N) is 2. The second kappa shape index (κ2) is 6.74. The molecular weight excluding hydrogens is 368 g/mol. The zero-order valence-electron chi connectivity index (χ0n) is 14.9. The Bertz CT molecular complexity index is 853. The minimum absolute atomic E-state index is 0.146. The van der Waals surface area contributed by atoms with Crippen LogP contribution in [-0.2, 0) is 24.2 Å². The molecule has 2 bridgehead atoms. The molecule has 0 aromatic heterocycles. The standard InChI is InChI=1S/C19H22N2O5S/c22-17-8-9-18(23)20(17)12-19(24)21-13-6-7-14(21)11-16(10-13)27(25,26)15-4-2-1-3-5-15/h1-5,13-14,16H,6-12H2/t13-,14-/m0/s1. The summed E-state index contributed by atoms with van der Waals surface area (Å²) in [6.45, 7) is -0.221. The zero-order valence-corrected chi connectivity index (χ0v) is 15.7. The van der Waals surface area contributed by atoms with Crippen molar-refractivity contribution in [2.75, 3.05) is 6.54 Å². The Morgan fingerprint density at radius 2 is 1.52 bits per heavy atom. The highest BCUT2D eigenvalue weighted by atomic mass is 32.2. The van der Waals surface area contributed by atoms with Gasteiger partial charge in [-0.2, -0.15) is 0 Å². The average molecular weight is 390 g/mol. The van der Waals surface area contributed by atoms with Gasteiger partial charge in [-0.15, -0.1) is 0 Å². The van der Waals surface area contributed by atoms with Crippen LogP contribution in [0.25, 0.3) is 0 Å². The van der Waals surface area contributed by atoms with Gasteiger partial charge < -0.3 is 4.90 Å². The predicted molar refractivity (Wildman–Crippen MR) is 96.3 cm³/mol. The van der Waals surface area contributed by atoms with Crippen molar-refractivity contribution < 1.29 is 22.8 Å². The first-order valence-electron chi connectivity index (χ1n) is 9.31. The van der Waals surface area contributed by atoms with E-state index in [1.807, 2.05) is 0 Å². The van der Waals surface area contributed by atoms with Crippen LogP contribution in [0.3, 0.4) is 0 Å². The maximum atomic E-state index is 12.9. The summed E-state index contributed by atoms with van der Waals surface area (Å²) < 4.78 is 25.9. The maximum Gasteiger partial charge on any atom is 0.243 e. The van der Waals surface area contributed by atoms with Gasteiger partial charge in [-0.25, -0.2) is 8.42 Å². The fourth-order valence-corrected chi connectivity index (χ4v) is 6.48. The van der Waals surface area contributed by atoms with Crippen molar-refractivity contribution in [2.45, 2.75) is 60.8 Å². The van der Waals surface area contributed by atoms with E-state index in [4.69, 9.17) is 0 Å². The monoisotopic (exact) mass is 390 g/mol. The van der Waals surface area contributed by atoms with Crippen molar-refractivity contribution in [3.63, 3.8) is 0 Å². The first kappa shape index (κ1) is 18.2. The molecule has 27 heavy (non-hydrogen) atoms. The molecule has 4 rings (SSSR count). The molecule has 3 saturated heterocycles. The van der Waals surface area contributed by atoms with E-state index in [2.05, 4.69) is 0 Å². The molecule has 0 saturated carbocycles. The van der Waals surface area contributed by atoms with Crippen LogP contribution >= 0.6 is 0 Å². The molecule has 7 nitrogen and oxygen atoms in total. The highest BCUT2D eigenvalue weighted by molar-refractivity contribution is 7.92. The smallest absolute Gasteiger partial charge is 0.243 e. The van der Waals surface area contributed by atoms with Gasteiger partial charge in [0, 0.05) is 24.9 Å². The second-order valence-electron chi connectivity index (χ2n) is 7.51. The molecule has 0 unspecified atom stereocenters. The van der Waals surface area contributed by atoms with Crippen molar-refractivity contribution in [3.8, 4) is 0 Å². The van der Waals surface area contributed by atoms with E-state index in [0.717, 1.165) is 17.7 Å². The van der Waals surface area contributed by atoms with Gasteiger partial charge in [-0.3, -0.25) is 19.3 Å². The van der Waals surface area contributed by atoms with Crippen LogP contribution in [0.1, 0.15) is 38.5 Å². The molecule has 8 heteroatoms. The zero-order chi connectivity index (χ0) is 19.2. The van der Waals surface area contributed by atoms with Crippen LogP contribution in [0.4, 0.5) is 0 Å². The number of carbonyl (C=O) groups excluding carboxylic acids is 3. The van der Waals surface area contributed by atoms with E-state index in [-0.39, 0.29) is 49.2 Å². The van der Waals surface area contributed by atoms with Crippen molar-refractivity contribution in [3.05, 3.63) is 30.3 Å². The summed E-state index contributed by atoms with van der Waals surface area (Å²) in [6, 6.07) is 8.14. The first-order chi connectivity index (χ1) is 12.9. The minimum atomic E-state index is -3.43. The first-order valence-corrected chi connectivity index (χ1v) is 10.9. The number of sulfone groups is 1. The van der Waals surface area contributed by atoms with E-state index in [1.165, 1.54) is 0 Å². The van der Waals surface area contributed by atoms with Crippen LogP contribution in [0, 0.1) is 0 Å². The molecule has 3 aliphatic heterocycles. The molecule has 0 spiro atoms. The fraction of sp³-hybridized carbons (Fsp3) is 0.526. The van der Waals surface area contributed by atoms with Crippen molar-refractivity contribution >= 4 is 27.6 Å². The molecule has 0 aliphatic carbocycles. The van der Waals surface area contributed by atoms with Crippen molar-refractivity contribution in [1.29, 1.82) is 0 Å². The van der Waals surface area contributed by atoms with E-state index in [1.54, 1.807) is 35.2 Å². The third-order valence-corrected chi connectivity index (χ3v) is 8.13. The molecule has 1 aromatic rings. The number of hydrogen-bond donors (Lipinski definition) is 0. The third-order valence-electron chi connectivity index (χ3n) is 5.94. The molecule has 3 heterocycles. The van der Waals surface area contributed by atoms with Crippen molar-refractivity contribution in [1.82, 2.24) is 9.80 Å². The normalized spacial score (nSPS) is 28.1. The molecule has 2 atom stereocenters. The van der Waals surface area contributed by atoms with Crippen LogP contribution in [-0.4, -0.2) is 59.8 Å². The number of amides is 3. The number of rotatable bonds is 4. The Morgan fingerprint density at radius 1 is 0.963 bits per heavy atom. The van der Waals surface area contributed by atoms with Crippen LogP contribution in [0.15, 0.2) is 35.2 Å². The average Bonchev–Trinajstić information content (AvgIpc) is 3.11. The summed E-state index contributed by atoms with van der Waals surface area (Å²) >= 11 is 0. The molecule has 1 aromatic carbocycles. The van der Waals surface area contributed by atoms with E-state index in [9.17, 15) is 22.8 Å². The summed E-state index contributed by atoms with van der Waals surface area (Å²) in [4.78, 5) is 39.4. The summed E-state index contributed by atoms with van der Waals surface area (Å²) in [5, 5.41) is -0.503. The van der Waals surface area contributed by atoms with Gasteiger partial charge in [0.25, 0.3) is 0 Å². The van der Waals surface area contributed by atoms with Gasteiger partial charge in [0.1, 0.15) is 6.54 Å². The van der Waals surface area contributed by atoms with Crippen molar-refractivity contribution in [2.24, 2.45) is 0 Å². The van der Waals surface area contributed by atoms with Gasteiger partial charge in [0.15, 0.2) is 9.84 Å². The summed E-state index contributed by atoms with van der Waals surface area (Å²) in [7, 11) is -3.43. The third kappa shape index (κ3) is 3.16. The van der Waals surface area contributed by atoms with E-state index >= 15 is 0 Å². The number of benzene rings is 1. The summed E-state index contributed by atoms with van der Waals surface area (Å²) in [5.41, 5.74) is 0. The van der Waals surface area contributed by atoms with Gasteiger partial charge in [0.05, 0.1) is 10.1 Å². The molecule has 0 radical (unpaired) electrons. The number of hydrogen-bond acceptors (Lipinski definition) is 5. The Morgan fingerprint density at radius 3 is 2.07 bits per heavy atom. The molecule has 144 valence electrons. The highest BCUT2D eigenvalue weighted by Crippen LogP contribution is 2.40. The number of imide groups is 1. The maximum absolute atomic E-state index is 12.9. The molecule has 0 N–H and O–H groups in total. The summed E-state index contributed by atoms with van der Waals surface area (Å²) in [5.74, 6) is -0.855. The van der Waals surface area contributed by atoms with E-state index < -0.39 is 15.1 Å². The number of likely N-dealkylation sites (tertiary alicyclic amines) is 1. The molecule has 3 aliphatic rings. The van der Waals surface area contributed by atoms with Crippen LogP contribution in [0.2, 0.25) is 0 Å². The Hall–Kier alpha value is -2.22. The van der Waals surface area contributed by atoms with Gasteiger partial charge >= 0.3 is 0 Å². The van der Waals surface area contributed by atoms with E-state index in [0.29, 0.717) is 17.7 Å². The molecule has 3 amide bonds. The quantitative estimate of drug-likeness (QED) is 0.719. The topological polar surface area (TPSA) is 91.8 Å². The fourth-order valence-electron chi connectivity index (χ4n) is 4.61. The Labute approximate surface area is 158 Å². The predicted octanol–water partition coefficient (Wildman–Crippen LogP) is 1.13. The number of carbonyl (C=O) groups is 3. The second-order valence-corrected chi connectivity index (χ2v) is 9.74. The minimum Gasteiger partial charge on any atom is -0.335 e. The van der Waals surface area contributed by atoms with Gasteiger partial charge in [-0.05, 0) is 37.8 Å². The number of piperidine rings is 1. The Balaban J connectivity index is 1.48. The molecular formula is C19H22N2O5S. The SMILES string of the molecule is O=C1CCC(=O)N1CC(=O)N1[C@H]2CC[C@H]1CC(S(=O)(=O)c1ccccc1)C2. The lowest BCUT2D eigenvalue weighted by Gasteiger charge is -2.39. The lowest BCUT2D eigenvalue weighted by molar-refractivity contribution is -0.147. The lowest BCUT2D eigenvalue weighted by atomic mass is 10.0. The lowest BCUT2D eigenvalue weighted by Crippen LogP contribution is -2.53. The highest BCUT2D eigenvalue weighted by Gasteiger charge is 2.47. The molecule has 3 fully saturated rings. The number of fused-ring (bicyclic) bond motifs is 2. The largest absolute Gasteiger partial charge is 0.335 e. The van der Waals surface area contributed by atoms with Crippen LogP contribution < -0.4 is 0 Å². The summed E-state index contributed by atoms with van der Waals surface area (Å²) in [6.07, 6.45) is 2.66. The Kier molecular flexibility index (Phi) is 4.53.